The summed E-state index contributed by atoms with van der Waals surface area (Å²) in [7, 11) is 0. The molecule has 1 saturated carbocycles. The third-order valence-electron chi connectivity index (χ3n) is 2.45. The van der Waals surface area contributed by atoms with Crippen LogP contribution < -0.4 is 0 Å². The Morgan fingerprint density at radius 2 is 2.30 bits per heavy atom. The molecule has 0 saturated heterocycles. The molecule has 0 aromatic rings. The van der Waals surface area contributed by atoms with Crippen molar-refractivity contribution >= 4 is 0 Å². The molecule has 0 N–H and O–H groups in total. The fourth-order valence-electron chi connectivity index (χ4n) is 1.60. The van der Waals surface area contributed by atoms with Crippen LogP contribution in [0.4, 0.5) is 0 Å². The first kappa shape index (κ1) is 7.34. The van der Waals surface area contributed by atoms with Crippen molar-refractivity contribution in [1.82, 2.24) is 0 Å². The van der Waals surface area contributed by atoms with Crippen LogP contribution in [-0.4, -0.2) is 0 Å². The van der Waals surface area contributed by atoms with Gasteiger partial charge in [-0.05, 0) is 24.7 Å². The molecule has 1 rings (SSSR count). The molecule has 0 aliphatic heterocycles. The zero-order chi connectivity index (χ0) is 7.45. The van der Waals surface area contributed by atoms with Crippen molar-refractivity contribution in [3.63, 3.8) is 0 Å². The minimum absolute atomic E-state index is 0.344. The van der Waals surface area contributed by atoms with Gasteiger partial charge in [-0.15, -0.1) is 6.58 Å². The van der Waals surface area contributed by atoms with Gasteiger partial charge in [0.15, 0.2) is 0 Å². The maximum absolute atomic E-state index is 8.51. The van der Waals surface area contributed by atoms with Gasteiger partial charge in [-0.3, -0.25) is 0 Å². The molecule has 10 heavy (non-hydrogen) atoms. The average molecular weight is 135 g/mol. The Balaban J connectivity index is 2.43. The van der Waals surface area contributed by atoms with E-state index < -0.39 is 0 Å². The molecule has 54 valence electrons. The lowest BCUT2D eigenvalue weighted by molar-refractivity contribution is 0.144. The molecule has 1 heteroatoms. The largest absolute Gasteiger partial charge is 0.198 e. The van der Waals surface area contributed by atoms with Crippen LogP contribution >= 0.6 is 0 Å². The summed E-state index contributed by atoms with van der Waals surface area (Å²) in [6.07, 6.45) is 7.45. The highest BCUT2D eigenvalue weighted by Gasteiger charge is 2.35. The van der Waals surface area contributed by atoms with Gasteiger partial charge < -0.3 is 0 Å². The Morgan fingerprint density at radius 1 is 1.60 bits per heavy atom. The van der Waals surface area contributed by atoms with E-state index in [0.29, 0.717) is 5.41 Å². The Hall–Kier alpha value is -0.770. The van der Waals surface area contributed by atoms with Crippen LogP contribution in [0, 0.1) is 16.7 Å². The second-order valence-electron chi connectivity index (χ2n) is 3.18. The molecule has 0 amide bonds. The van der Waals surface area contributed by atoms with E-state index in [4.69, 9.17) is 5.26 Å². The fourth-order valence-corrected chi connectivity index (χ4v) is 1.60. The number of rotatable bonds is 3. The lowest BCUT2D eigenvalue weighted by Crippen LogP contribution is -2.27. The van der Waals surface area contributed by atoms with E-state index in [1.807, 2.05) is 6.08 Å². The smallest absolute Gasteiger partial charge is 0.0627 e. The van der Waals surface area contributed by atoms with Crippen LogP contribution in [0.3, 0.4) is 0 Å². The molecule has 0 spiro atoms. The van der Waals surface area contributed by atoms with Crippen molar-refractivity contribution in [1.29, 1.82) is 5.26 Å². The molecule has 0 unspecified atom stereocenters. The summed E-state index contributed by atoms with van der Waals surface area (Å²) in [6.45, 7) is 3.70. The number of hydrogen-bond donors (Lipinski definition) is 0. The Bertz CT molecular complexity index is 160. The highest BCUT2D eigenvalue weighted by molar-refractivity contribution is 4.98. The van der Waals surface area contributed by atoms with E-state index in [0.717, 1.165) is 12.8 Å². The van der Waals surface area contributed by atoms with Gasteiger partial charge in [0.2, 0.25) is 0 Å². The van der Waals surface area contributed by atoms with Gasteiger partial charge >= 0.3 is 0 Å². The summed E-state index contributed by atoms with van der Waals surface area (Å²) in [4.78, 5) is 0. The van der Waals surface area contributed by atoms with E-state index >= 15 is 0 Å². The minimum Gasteiger partial charge on any atom is -0.198 e. The van der Waals surface area contributed by atoms with Gasteiger partial charge in [0, 0.05) is 6.42 Å². The zero-order valence-corrected chi connectivity index (χ0v) is 6.27. The molecular formula is C9H13N. The molecular weight excluding hydrogens is 122 g/mol. The SMILES string of the molecule is C=CCC1(CC#N)CCC1. The normalized spacial score (nSPS) is 20.7. The summed E-state index contributed by atoms with van der Waals surface area (Å²) in [5.74, 6) is 0. The first-order valence-corrected chi connectivity index (χ1v) is 3.81. The second kappa shape index (κ2) is 2.88. The molecule has 0 aromatic heterocycles. The van der Waals surface area contributed by atoms with Crippen LogP contribution in [0.15, 0.2) is 12.7 Å². The van der Waals surface area contributed by atoms with Crippen molar-refractivity contribution < 1.29 is 0 Å². The first-order chi connectivity index (χ1) is 4.83. The maximum Gasteiger partial charge on any atom is 0.0627 e. The minimum atomic E-state index is 0.344. The van der Waals surface area contributed by atoms with Crippen molar-refractivity contribution in [2.45, 2.75) is 32.1 Å². The molecule has 1 aliphatic carbocycles. The van der Waals surface area contributed by atoms with E-state index in [9.17, 15) is 0 Å². The van der Waals surface area contributed by atoms with Gasteiger partial charge in [0.1, 0.15) is 0 Å². The maximum atomic E-state index is 8.51. The molecule has 0 atom stereocenters. The quantitative estimate of drug-likeness (QED) is 0.546. The van der Waals surface area contributed by atoms with Crippen LogP contribution in [0.2, 0.25) is 0 Å². The summed E-state index contributed by atoms with van der Waals surface area (Å²) >= 11 is 0. The molecule has 0 bridgehead atoms. The summed E-state index contributed by atoms with van der Waals surface area (Å²) in [5, 5.41) is 8.51. The van der Waals surface area contributed by atoms with Crippen LogP contribution in [-0.2, 0) is 0 Å². The monoisotopic (exact) mass is 135 g/mol. The van der Waals surface area contributed by atoms with Crippen molar-refractivity contribution in [3.8, 4) is 6.07 Å². The first-order valence-electron chi connectivity index (χ1n) is 3.81. The molecule has 1 fully saturated rings. The van der Waals surface area contributed by atoms with Gasteiger partial charge in [-0.1, -0.05) is 12.5 Å². The number of allylic oxidation sites excluding steroid dienone is 1. The average Bonchev–Trinajstić information content (AvgIpc) is 1.84. The predicted molar refractivity (Wildman–Crippen MR) is 41.3 cm³/mol. The Morgan fingerprint density at radius 3 is 2.60 bits per heavy atom. The van der Waals surface area contributed by atoms with E-state index in [1.54, 1.807) is 0 Å². The van der Waals surface area contributed by atoms with E-state index in [-0.39, 0.29) is 0 Å². The third-order valence-corrected chi connectivity index (χ3v) is 2.45. The summed E-state index contributed by atoms with van der Waals surface area (Å²) in [5.41, 5.74) is 0.344. The van der Waals surface area contributed by atoms with Crippen molar-refractivity contribution in [3.05, 3.63) is 12.7 Å². The third kappa shape index (κ3) is 1.21. The molecule has 1 nitrogen and oxygen atoms in total. The Kier molecular flexibility index (Phi) is 2.11. The van der Waals surface area contributed by atoms with Crippen LogP contribution in [0.1, 0.15) is 32.1 Å². The van der Waals surface area contributed by atoms with Gasteiger partial charge in [-0.2, -0.15) is 5.26 Å². The summed E-state index contributed by atoms with van der Waals surface area (Å²) < 4.78 is 0. The van der Waals surface area contributed by atoms with E-state index in [2.05, 4.69) is 12.6 Å². The van der Waals surface area contributed by atoms with Gasteiger partial charge in [0.25, 0.3) is 0 Å². The Labute approximate surface area is 62.4 Å². The van der Waals surface area contributed by atoms with Crippen LogP contribution in [0.5, 0.6) is 0 Å². The molecule has 0 aromatic carbocycles. The molecule has 1 aliphatic rings. The fraction of sp³-hybridized carbons (Fsp3) is 0.667. The van der Waals surface area contributed by atoms with Gasteiger partial charge in [-0.25, -0.2) is 0 Å². The standard InChI is InChI=1S/C9H13N/c1-2-4-9(7-8-10)5-3-6-9/h2H,1,3-7H2. The van der Waals surface area contributed by atoms with Gasteiger partial charge in [0.05, 0.1) is 6.07 Å². The zero-order valence-electron chi connectivity index (χ0n) is 6.27. The number of nitriles is 1. The lowest BCUT2D eigenvalue weighted by atomic mass is 9.65. The highest BCUT2D eigenvalue weighted by atomic mass is 14.4. The van der Waals surface area contributed by atoms with Crippen molar-refractivity contribution in [2.75, 3.05) is 0 Å². The predicted octanol–water partition coefficient (Wildman–Crippen LogP) is 2.65. The summed E-state index contributed by atoms with van der Waals surface area (Å²) in [6, 6.07) is 2.25. The molecule has 0 heterocycles. The van der Waals surface area contributed by atoms with E-state index in [1.165, 1.54) is 19.3 Å². The second-order valence-corrected chi connectivity index (χ2v) is 3.18. The number of nitrogens with zero attached hydrogens (tertiary/aromatic N) is 1. The molecule has 0 radical (unpaired) electrons. The van der Waals surface area contributed by atoms with Crippen LogP contribution in [0.25, 0.3) is 0 Å². The number of hydrogen-bond acceptors (Lipinski definition) is 1. The van der Waals surface area contributed by atoms with Crippen molar-refractivity contribution in [2.24, 2.45) is 5.41 Å². The lowest BCUT2D eigenvalue weighted by Gasteiger charge is -2.39. The topological polar surface area (TPSA) is 23.8 Å². The highest BCUT2D eigenvalue weighted by Crippen LogP contribution is 2.46.